The van der Waals surface area contributed by atoms with E-state index in [-0.39, 0.29) is 5.56 Å². The Hall–Kier alpha value is -4.56. The second-order valence-electron chi connectivity index (χ2n) is 8.95. The van der Waals surface area contributed by atoms with Crippen molar-refractivity contribution in [3.63, 3.8) is 0 Å². The van der Waals surface area contributed by atoms with Gasteiger partial charge >= 0.3 is 0 Å². The number of fused-ring (bicyclic) bond motifs is 1. The number of thiazole rings is 1. The molecule has 6 rings (SSSR count). The topological polar surface area (TPSA) is 74.3 Å². The first-order valence-corrected chi connectivity index (χ1v) is 13.3. The third-order valence-corrected chi connectivity index (χ3v) is 7.13. The molecular weight excluding hydrogens is 494 g/mol. The predicted octanol–water partition coefficient (Wildman–Crippen LogP) is 5.32. The Morgan fingerprint density at radius 3 is 2.42 bits per heavy atom. The Kier molecular flexibility index (Phi) is 6.31. The lowest BCUT2D eigenvalue weighted by molar-refractivity contribution is 0.315. The van der Waals surface area contributed by atoms with Gasteiger partial charge in [0, 0.05) is 22.9 Å². The van der Waals surface area contributed by atoms with Crippen molar-refractivity contribution in [2.75, 3.05) is 6.61 Å². The third kappa shape index (κ3) is 4.50. The lowest BCUT2D eigenvalue weighted by Gasteiger charge is -2.09. The number of hydrogen-bond donors (Lipinski definition) is 0. The van der Waals surface area contributed by atoms with Crippen molar-refractivity contribution in [3.8, 4) is 34.1 Å². The molecule has 8 heteroatoms. The van der Waals surface area contributed by atoms with Gasteiger partial charge in [0.25, 0.3) is 5.56 Å². The first kappa shape index (κ1) is 23.8. The van der Waals surface area contributed by atoms with Gasteiger partial charge in [0.1, 0.15) is 11.4 Å². The van der Waals surface area contributed by atoms with Crippen LogP contribution in [0.3, 0.4) is 0 Å². The molecule has 7 nitrogen and oxygen atoms in total. The number of hydrogen-bond acceptors (Lipinski definition) is 6. The molecule has 188 valence electrons. The van der Waals surface area contributed by atoms with E-state index >= 15 is 0 Å². The van der Waals surface area contributed by atoms with Gasteiger partial charge in [0.2, 0.25) is 4.96 Å². The smallest absolute Gasteiger partial charge is 0.291 e. The summed E-state index contributed by atoms with van der Waals surface area (Å²) >= 11 is 1.32. The fourth-order valence-electron chi connectivity index (χ4n) is 4.29. The zero-order chi connectivity index (χ0) is 26.1. The van der Waals surface area contributed by atoms with Crippen LogP contribution in [0.2, 0.25) is 0 Å². The van der Waals surface area contributed by atoms with Crippen molar-refractivity contribution in [1.29, 1.82) is 0 Å². The van der Waals surface area contributed by atoms with Gasteiger partial charge in [-0.3, -0.25) is 4.79 Å². The molecule has 0 saturated heterocycles. The Morgan fingerprint density at radius 1 is 0.947 bits per heavy atom. The van der Waals surface area contributed by atoms with Crippen molar-refractivity contribution in [3.05, 3.63) is 111 Å². The number of rotatable bonds is 7. The van der Waals surface area contributed by atoms with Crippen LogP contribution in [0.1, 0.15) is 24.5 Å². The van der Waals surface area contributed by atoms with E-state index in [4.69, 9.17) is 9.84 Å². The summed E-state index contributed by atoms with van der Waals surface area (Å²) in [7, 11) is 0. The molecule has 0 spiro atoms. The van der Waals surface area contributed by atoms with Crippen LogP contribution >= 0.6 is 11.3 Å². The van der Waals surface area contributed by atoms with E-state index < -0.39 is 0 Å². The summed E-state index contributed by atoms with van der Waals surface area (Å²) in [6.07, 6.45) is 4.78. The van der Waals surface area contributed by atoms with Crippen LogP contribution in [-0.2, 0) is 0 Å². The molecule has 0 amide bonds. The molecule has 3 aromatic heterocycles. The highest BCUT2D eigenvalue weighted by Crippen LogP contribution is 2.29. The Bertz CT molecular complexity index is 1840. The zero-order valence-electron chi connectivity index (χ0n) is 21.0. The monoisotopic (exact) mass is 519 g/mol. The number of benzene rings is 3. The molecule has 0 atom stereocenters. The minimum absolute atomic E-state index is 0.197. The van der Waals surface area contributed by atoms with Crippen LogP contribution in [0, 0.1) is 6.92 Å². The van der Waals surface area contributed by atoms with E-state index in [0.717, 1.165) is 45.8 Å². The molecule has 0 saturated carbocycles. The Labute approximate surface area is 223 Å². The highest BCUT2D eigenvalue weighted by molar-refractivity contribution is 7.15. The molecule has 38 heavy (non-hydrogen) atoms. The molecule has 3 aromatic carbocycles. The molecule has 0 aliphatic heterocycles. The fourth-order valence-corrected chi connectivity index (χ4v) is 5.18. The highest BCUT2D eigenvalue weighted by Gasteiger charge is 2.16. The zero-order valence-corrected chi connectivity index (χ0v) is 21.9. The summed E-state index contributed by atoms with van der Waals surface area (Å²) in [5, 5.41) is 9.39. The molecule has 0 N–H and O–H groups in total. The van der Waals surface area contributed by atoms with E-state index in [0.29, 0.717) is 21.9 Å². The Balaban J connectivity index is 1.46. The average molecular weight is 520 g/mol. The van der Waals surface area contributed by atoms with Gasteiger partial charge in [-0.1, -0.05) is 66.8 Å². The van der Waals surface area contributed by atoms with Crippen LogP contribution in [0.5, 0.6) is 5.75 Å². The first-order chi connectivity index (χ1) is 18.6. The van der Waals surface area contributed by atoms with Crippen molar-refractivity contribution in [2.24, 2.45) is 0 Å². The number of ether oxygens (including phenoxy) is 1. The summed E-state index contributed by atoms with van der Waals surface area (Å²) in [4.78, 5) is 18.5. The van der Waals surface area contributed by atoms with Crippen LogP contribution in [-0.4, -0.2) is 31.0 Å². The summed E-state index contributed by atoms with van der Waals surface area (Å²) < 4.78 is 9.64. The molecule has 3 heterocycles. The molecule has 0 radical (unpaired) electrons. The average Bonchev–Trinajstić information content (AvgIpc) is 3.64. The fraction of sp³-hybridized carbons (Fsp3) is 0.133. The first-order valence-electron chi connectivity index (χ1n) is 12.5. The predicted molar refractivity (Wildman–Crippen MR) is 151 cm³/mol. The van der Waals surface area contributed by atoms with E-state index in [1.807, 2.05) is 96.7 Å². The Morgan fingerprint density at radius 2 is 1.71 bits per heavy atom. The van der Waals surface area contributed by atoms with Crippen LogP contribution in [0.4, 0.5) is 0 Å². The van der Waals surface area contributed by atoms with E-state index in [1.54, 1.807) is 0 Å². The summed E-state index contributed by atoms with van der Waals surface area (Å²) in [5.74, 6) is 1.41. The minimum Gasteiger partial charge on any atom is -0.493 e. The maximum Gasteiger partial charge on any atom is 0.291 e. The molecule has 0 aliphatic rings. The SMILES string of the molecule is CCCOc1ccc(-c2nn(-c3ccccc3)cc2C=c2sc3nc(-c4ccccc4)nn3c2=O)cc1C. The van der Waals surface area contributed by atoms with Gasteiger partial charge in [-0.05, 0) is 55.3 Å². The minimum atomic E-state index is -0.197. The second kappa shape index (κ2) is 10.1. The summed E-state index contributed by atoms with van der Waals surface area (Å²) in [6.45, 7) is 4.80. The summed E-state index contributed by atoms with van der Waals surface area (Å²) in [6, 6.07) is 25.7. The lowest BCUT2D eigenvalue weighted by Crippen LogP contribution is -2.23. The number of para-hydroxylation sites is 1. The van der Waals surface area contributed by atoms with Crippen molar-refractivity contribution in [2.45, 2.75) is 20.3 Å². The molecule has 0 aliphatic carbocycles. The van der Waals surface area contributed by atoms with E-state index in [1.165, 1.54) is 15.9 Å². The van der Waals surface area contributed by atoms with Gasteiger partial charge in [0.15, 0.2) is 5.82 Å². The maximum atomic E-state index is 13.3. The van der Waals surface area contributed by atoms with Gasteiger partial charge in [-0.15, -0.1) is 5.10 Å². The van der Waals surface area contributed by atoms with Gasteiger partial charge in [-0.2, -0.15) is 14.6 Å². The molecule has 0 unspecified atom stereocenters. The van der Waals surface area contributed by atoms with Crippen LogP contribution in [0.15, 0.2) is 89.9 Å². The van der Waals surface area contributed by atoms with Gasteiger partial charge in [-0.25, -0.2) is 4.68 Å². The van der Waals surface area contributed by atoms with Gasteiger partial charge < -0.3 is 4.74 Å². The lowest BCUT2D eigenvalue weighted by atomic mass is 10.0. The quantitative estimate of drug-likeness (QED) is 0.286. The van der Waals surface area contributed by atoms with Crippen molar-refractivity contribution in [1.82, 2.24) is 24.4 Å². The molecular formula is C30H25N5O2S. The maximum absolute atomic E-state index is 13.3. The second-order valence-corrected chi connectivity index (χ2v) is 9.96. The number of aryl methyl sites for hydroxylation is 1. The largest absolute Gasteiger partial charge is 0.493 e. The normalized spacial score (nSPS) is 11.9. The number of nitrogens with zero attached hydrogens (tertiary/aromatic N) is 5. The number of aromatic nitrogens is 5. The van der Waals surface area contributed by atoms with Crippen molar-refractivity contribution >= 4 is 22.4 Å². The molecule has 0 bridgehead atoms. The molecule has 6 aromatic rings. The van der Waals surface area contributed by atoms with Crippen molar-refractivity contribution < 1.29 is 4.74 Å². The van der Waals surface area contributed by atoms with Crippen LogP contribution < -0.4 is 14.8 Å². The van der Waals surface area contributed by atoms with E-state index in [9.17, 15) is 4.79 Å². The standard InChI is InChI=1S/C30H25N5O2S/c1-3-16-37-25-15-14-22(17-20(25)2)27-23(19-34(32-27)24-12-8-5-9-13-24)18-26-29(36)35-30(38-26)31-28(33-35)21-10-6-4-7-11-21/h4-15,17-19H,3,16H2,1-2H3. The van der Waals surface area contributed by atoms with E-state index in [2.05, 4.69) is 23.1 Å². The van der Waals surface area contributed by atoms with Gasteiger partial charge in [0.05, 0.1) is 16.8 Å². The third-order valence-electron chi connectivity index (χ3n) is 6.17. The van der Waals surface area contributed by atoms with Crippen LogP contribution in [0.25, 0.3) is 39.4 Å². The molecule has 0 fully saturated rings. The highest BCUT2D eigenvalue weighted by atomic mass is 32.1. The summed E-state index contributed by atoms with van der Waals surface area (Å²) in [5.41, 5.74) is 5.21.